The van der Waals surface area contributed by atoms with Crippen molar-refractivity contribution in [1.29, 1.82) is 0 Å². The van der Waals surface area contributed by atoms with Crippen molar-refractivity contribution in [2.24, 2.45) is 4.40 Å². The fraction of sp³-hybridized carbons (Fsp3) is 0.348. The Balaban J connectivity index is 1.58. The van der Waals surface area contributed by atoms with Crippen molar-refractivity contribution < 1.29 is 22.8 Å². The third kappa shape index (κ3) is 4.53. The Kier molecular flexibility index (Phi) is 6.65. The number of alkyl halides is 3. The number of aryl methyl sites for hydroxylation is 1. The Hall–Kier alpha value is -2.23. The minimum atomic E-state index is -4.62. The molecule has 2 aromatic carbocycles. The fourth-order valence-corrected chi connectivity index (χ4v) is 5.63. The number of nitrogens with one attached hydrogen (secondary N) is 1. The minimum absolute atomic E-state index is 0.0693. The van der Waals surface area contributed by atoms with E-state index in [1.165, 1.54) is 18.2 Å². The standard InChI is InChI=1S/C23H20Cl2F3N3O2S/c1-12-7-13(3-4-17(12)20(32)29-18-5-6-31(2)21(18)33)19-11-22(34-30-19,23(26,27)28)14-8-15(24)10-16(25)9-14/h3-4,7-10,18H,5-6,11H2,1-2H3,(H,29,32). The first-order chi connectivity index (χ1) is 15.9. The van der Waals surface area contributed by atoms with Crippen LogP contribution in [0, 0.1) is 6.92 Å². The van der Waals surface area contributed by atoms with Crippen LogP contribution in [0.2, 0.25) is 10.0 Å². The van der Waals surface area contributed by atoms with Gasteiger partial charge in [-0.25, -0.2) is 4.40 Å². The highest BCUT2D eigenvalue weighted by Gasteiger charge is 2.60. The van der Waals surface area contributed by atoms with Gasteiger partial charge in [0.15, 0.2) is 4.75 Å². The van der Waals surface area contributed by atoms with Crippen LogP contribution in [-0.4, -0.2) is 48.2 Å². The van der Waals surface area contributed by atoms with Gasteiger partial charge in [0.05, 0.1) is 5.71 Å². The predicted molar refractivity (Wildman–Crippen MR) is 128 cm³/mol. The van der Waals surface area contributed by atoms with Gasteiger partial charge >= 0.3 is 6.18 Å². The van der Waals surface area contributed by atoms with E-state index < -0.39 is 29.3 Å². The Morgan fingerprint density at radius 3 is 2.44 bits per heavy atom. The number of likely N-dealkylation sites (tertiary alicyclic amines) is 1. The molecule has 4 rings (SSSR count). The molecule has 2 aliphatic heterocycles. The maximum Gasteiger partial charge on any atom is 0.409 e. The summed E-state index contributed by atoms with van der Waals surface area (Å²) in [5.74, 6) is -0.553. The lowest BCUT2D eigenvalue weighted by Gasteiger charge is -2.30. The lowest BCUT2D eigenvalue weighted by molar-refractivity contribution is -0.159. The molecule has 0 bridgehead atoms. The number of carbonyl (C=O) groups is 2. The van der Waals surface area contributed by atoms with Crippen LogP contribution in [0.1, 0.15) is 39.9 Å². The minimum Gasteiger partial charge on any atom is -0.344 e. The summed E-state index contributed by atoms with van der Waals surface area (Å²) in [7, 11) is 1.67. The molecule has 2 unspecified atom stereocenters. The summed E-state index contributed by atoms with van der Waals surface area (Å²) in [5.41, 5.74) is 1.58. The van der Waals surface area contributed by atoms with E-state index in [2.05, 4.69) is 9.71 Å². The van der Waals surface area contributed by atoms with Crippen LogP contribution in [0.25, 0.3) is 0 Å². The number of nitrogens with zero attached hydrogens (tertiary/aromatic N) is 2. The van der Waals surface area contributed by atoms with Crippen LogP contribution >= 0.6 is 35.1 Å². The number of halogens is 5. The first kappa shape index (κ1) is 24.9. The van der Waals surface area contributed by atoms with Gasteiger partial charge in [0.1, 0.15) is 6.04 Å². The number of rotatable bonds is 4. The van der Waals surface area contributed by atoms with E-state index in [1.807, 2.05) is 0 Å². The summed E-state index contributed by atoms with van der Waals surface area (Å²) < 4.78 is 44.7. The Morgan fingerprint density at radius 2 is 1.88 bits per heavy atom. The molecule has 2 amide bonds. The zero-order chi connectivity index (χ0) is 24.8. The SMILES string of the molecule is Cc1cc(C2=NSC(c3cc(Cl)cc(Cl)c3)(C(F)(F)F)C2)ccc1C(=O)NC1CCN(C)C1=O. The van der Waals surface area contributed by atoms with E-state index in [1.54, 1.807) is 37.1 Å². The van der Waals surface area contributed by atoms with Crippen molar-refractivity contribution in [2.45, 2.75) is 36.7 Å². The molecule has 2 heterocycles. The first-order valence-corrected chi connectivity index (χ1v) is 11.9. The summed E-state index contributed by atoms with van der Waals surface area (Å²) in [5, 5.41) is 2.95. The van der Waals surface area contributed by atoms with Crippen molar-refractivity contribution in [1.82, 2.24) is 10.2 Å². The molecular formula is C23H20Cl2F3N3O2S. The van der Waals surface area contributed by atoms with Gasteiger partial charge in [-0.3, -0.25) is 9.59 Å². The van der Waals surface area contributed by atoms with Crippen molar-refractivity contribution in [3.8, 4) is 0 Å². The maximum atomic E-state index is 14.3. The van der Waals surface area contributed by atoms with Gasteiger partial charge in [-0.2, -0.15) is 13.2 Å². The van der Waals surface area contributed by atoms with Crippen LogP contribution in [0.4, 0.5) is 13.2 Å². The normalized spacial score (nSPS) is 22.8. The molecule has 2 aliphatic rings. The molecular weight excluding hydrogens is 510 g/mol. The summed E-state index contributed by atoms with van der Waals surface area (Å²) in [6.45, 7) is 2.26. The predicted octanol–water partition coefficient (Wildman–Crippen LogP) is 5.56. The molecule has 0 aromatic heterocycles. The van der Waals surface area contributed by atoms with Gasteiger partial charge in [0.2, 0.25) is 5.91 Å². The topological polar surface area (TPSA) is 61.8 Å². The third-order valence-corrected chi connectivity index (χ3v) is 7.72. The van der Waals surface area contributed by atoms with Crippen LogP contribution < -0.4 is 5.32 Å². The number of amides is 2. The zero-order valence-corrected chi connectivity index (χ0v) is 20.5. The van der Waals surface area contributed by atoms with Crippen molar-refractivity contribution in [2.75, 3.05) is 13.6 Å². The monoisotopic (exact) mass is 529 g/mol. The van der Waals surface area contributed by atoms with Crippen molar-refractivity contribution >= 4 is 52.7 Å². The highest BCUT2D eigenvalue weighted by atomic mass is 35.5. The molecule has 5 nitrogen and oxygen atoms in total. The second-order valence-corrected chi connectivity index (χ2v) is 10.3. The van der Waals surface area contributed by atoms with E-state index in [-0.39, 0.29) is 27.2 Å². The van der Waals surface area contributed by atoms with Crippen LogP contribution in [0.15, 0.2) is 40.8 Å². The van der Waals surface area contributed by atoms with Crippen molar-refractivity contribution in [3.63, 3.8) is 0 Å². The molecule has 1 fully saturated rings. The van der Waals surface area contributed by atoms with Crippen molar-refractivity contribution in [3.05, 3.63) is 68.7 Å². The van der Waals surface area contributed by atoms with Gasteiger partial charge in [-0.15, -0.1) is 0 Å². The molecule has 0 aliphatic carbocycles. The highest BCUT2D eigenvalue weighted by molar-refractivity contribution is 7.99. The molecule has 2 aromatic rings. The zero-order valence-electron chi connectivity index (χ0n) is 18.2. The number of carbonyl (C=O) groups excluding carboxylic acids is 2. The average molecular weight is 530 g/mol. The van der Waals surface area contributed by atoms with Gasteiger partial charge in [-0.1, -0.05) is 29.3 Å². The number of hydrogen-bond donors (Lipinski definition) is 1. The van der Waals surface area contributed by atoms with Gasteiger partial charge in [-0.05, 0) is 72.3 Å². The van der Waals surface area contributed by atoms with E-state index >= 15 is 0 Å². The van der Waals surface area contributed by atoms with Crippen LogP contribution in [-0.2, 0) is 9.54 Å². The van der Waals surface area contributed by atoms with Gasteiger partial charge < -0.3 is 10.2 Å². The molecule has 0 radical (unpaired) electrons. The van der Waals surface area contributed by atoms with Crippen LogP contribution in [0.5, 0.6) is 0 Å². The third-order valence-electron chi connectivity index (χ3n) is 6.05. The van der Waals surface area contributed by atoms with Gasteiger partial charge in [0, 0.05) is 35.6 Å². The van der Waals surface area contributed by atoms with E-state index in [9.17, 15) is 22.8 Å². The maximum absolute atomic E-state index is 14.3. The number of likely N-dealkylation sites (N-methyl/N-ethyl adjacent to an activating group) is 1. The molecule has 0 saturated carbocycles. The fourth-order valence-electron chi connectivity index (χ4n) is 4.14. The summed E-state index contributed by atoms with van der Waals surface area (Å²) in [6.07, 6.45) is -4.50. The Morgan fingerprint density at radius 1 is 1.21 bits per heavy atom. The lowest BCUT2D eigenvalue weighted by Crippen LogP contribution is -2.40. The second kappa shape index (κ2) is 9.09. The molecule has 1 saturated heterocycles. The molecule has 2 atom stereocenters. The van der Waals surface area contributed by atoms with E-state index in [4.69, 9.17) is 23.2 Å². The largest absolute Gasteiger partial charge is 0.409 e. The van der Waals surface area contributed by atoms with E-state index in [0.29, 0.717) is 41.6 Å². The number of hydrogen-bond acceptors (Lipinski definition) is 4. The number of benzene rings is 2. The van der Waals surface area contributed by atoms with E-state index in [0.717, 1.165) is 0 Å². The quantitative estimate of drug-likeness (QED) is 0.527. The molecule has 180 valence electrons. The smallest absolute Gasteiger partial charge is 0.344 e. The summed E-state index contributed by atoms with van der Waals surface area (Å²) in [6, 6.07) is 8.06. The summed E-state index contributed by atoms with van der Waals surface area (Å²) in [4.78, 5) is 26.3. The molecule has 34 heavy (non-hydrogen) atoms. The van der Waals surface area contributed by atoms with Crippen LogP contribution in [0.3, 0.4) is 0 Å². The Labute approximate surface area is 208 Å². The summed E-state index contributed by atoms with van der Waals surface area (Å²) >= 11 is 12.4. The average Bonchev–Trinajstić information content (AvgIpc) is 3.33. The second-order valence-electron chi connectivity index (χ2n) is 8.39. The lowest BCUT2D eigenvalue weighted by atomic mass is 9.89. The molecule has 11 heteroatoms. The molecule has 1 N–H and O–H groups in total. The van der Waals surface area contributed by atoms with Gasteiger partial charge in [0.25, 0.3) is 5.91 Å². The first-order valence-electron chi connectivity index (χ1n) is 10.4. The Bertz CT molecular complexity index is 1180. The molecule has 0 spiro atoms. The highest BCUT2D eigenvalue weighted by Crippen LogP contribution is 2.57.